The Morgan fingerprint density at radius 1 is 1.36 bits per heavy atom. The summed E-state index contributed by atoms with van der Waals surface area (Å²) in [6.45, 7) is 4.50. The lowest BCUT2D eigenvalue weighted by Gasteiger charge is -2.13. The van der Waals surface area contributed by atoms with Crippen molar-refractivity contribution in [1.29, 1.82) is 0 Å². The molecule has 1 amide bonds. The fraction of sp³-hybridized carbons (Fsp3) is 0.421. The molecule has 3 atom stereocenters. The minimum Gasteiger partial charge on any atom is -0.321 e. The number of nitrogens with zero attached hydrogens (tertiary/aromatic N) is 2. The van der Waals surface area contributed by atoms with Gasteiger partial charge in [0.05, 0.1) is 21.8 Å². The minimum absolute atomic E-state index is 0.123. The summed E-state index contributed by atoms with van der Waals surface area (Å²) in [7, 11) is 0. The van der Waals surface area contributed by atoms with E-state index < -0.39 is 0 Å². The summed E-state index contributed by atoms with van der Waals surface area (Å²) in [4.78, 5) is 21.3. The van der Waals surface area contributed by atoms with Crippen LogP contribution in [0.3, 0.4) is 0 Å². The molecule has 130 valence electrons. The molecule has 1 aromatic carbocycles. The van der Waals surface area contributed by atoms with Gasteiger partial charge in [-0.25, -0.2) is 9.98 Å². The Balaban J connectivity index is 1.54. The van der Waals surface area contributed by atoms with Gasteiger partial charge in [0.1, 0.15) is 5.70 Å². The number of fused-ring (bicyclic) bond motifs is 1. The molecule has 1 saturated heterocycles. The Labute approximate surface area is 151 Å². The third-order valence-electron chi connectivity index (χ3n) is 5.11. The third-order valence-corrected chi connectivity index (χ3v) is 5.90. The van der Waals surface area contributed by atoms with Crippen molar-refractivity contribution in [2.75, 3.05) is 0 Å². The molecule has 2 aromatic rings. The van der Waals surface area contributed by atoms with E-state index >= 15 is 0 Å². The Bertz CT molecular complexity index is 869. The molecule has 1 saturated carbocycles. The zero-order valence-electron chi connectivity index (χ0n) is 14.5. The van der Waals surface area contributed by atoms with Crippen LogP contribution >= 0.6 is 11.3 Å². The topological polar surface area (TPSA) is 66.4 Å². The van der Waals surface area contributed by atoms with Gasteiger partial charge in [-0.05, 0) is 48.4 Å². The summed E-state index contributed by atoms with van der Waals surface area (Å²) in [5, 5.41) is 6.02. The summed E-state index contributed by atoms with van der Waals surface area (Å²) in [5.41, 5.74) is 4.34. The molecule has 0 radical (unpaired) electrons. The highest BCUT2D eigenvalue weighted by atomic mass is 32.1. The number of guanidine groups is 1. The highest BCUT2D eigenvalue weighted by molar-refractivity contribution is 7.16. The van der Waals surface area contributed by atoms with Gasteiger partial charge < -0.3 is 5.32 Å². The molecule has 0 spiro atoms. The second-order valence-electron chi connectivity index (χ2n) is 7.01. The molecule has 25 heavy (non-hydrogen) atoms. The van der Waals surface area contributed by atoms with Crippen LogP contribution in [0, 0.1) is 11.8 Å². The van der Waals surface area contributed by atoms with Crippen LogP contribution in [0.5, 0.6) is 0 Å². The van der Waals surface area contributed by atoms with Crippen LogP contribution in [0.2, 0.25) is 0 Å². The summed E-state index contributed by atoms with van der Waals surface area (Å²) in [5.74, 6) is 1.79. The fourth-order valence-corrected chi connectivity index (χ4v) is 4.55. The largest absolute Gasteiger partial charge is 0.321 e. The van der Waals surface area contributed by atoms with Gasteiger partial charge in [0.15, 0.2) is 0 Å². The first-order valence-corrected chi connectivity index (χ1v) is 9.71. The van der Waals surface area contributed by atoms with E-state index in [4.69, 9.17) is 4.99 Å². The first-order chi connectivity index (χ1) is 12.1. The van der Waals surface area contributed by atoms with E-state index in [1.807, 2.05) is 23.7 Å². The average Bonchev–Trinajstić information content (AvgIpc) is 3.27. The molecule has 3 unspecified atom stereocenters. The van der Waals surface area contributed by atoms with Crippen molar-refractivity contribution in [2.24, 2.45) is 16.8 Å². The molecule has 2 heterocycles. The monoisotopic (exact) mass is 354 g/mol. The van der Waals surface area contributed by atoms with E-state index in [2.05, 4.69) is 35.5 Å². The molecular weight excluding hydrogens is 332 g/mol. The number of hydrogen-bond acceptors (Lipinski definition) is 4. The molecule has 6 heteroatoms. The molecule has 1 aromatic heterocycles. The van der Waals surface area contributed by atoms with E-state index in [9.17, 15) is 4.79 Å². The van der Waals surface area contributed by atoms with Gasteiger partial charge in [0.2, 0.25) is 5.96 Å². The molecule has 1 aliphatic carbocycles. The number of carbonyl (C=O) groups excluding carboxylic acids is 1. The summed E-state index contributed by atoms with van der Waals surface area (Å²) < 4.78 is 1.12. The van der Waals surface area contributed by atoms with Crippen LogP contribution < -0.4 is 10.6 Å². The molecule has 4 rings (SSSR count). The number of aliphatic imine (C=N–C) groups is 1. The van der Waals surface area contributed by atoms with Crippen LogP contribution in [0.1, 0.15) is 38.7 Å². The molecule has 2 fully saturated rings. The second kappa shape index (κ2) is 6.59. The number of thiazole rings is 1. The van der Waals surface area contributed by atoms with Gasteiger partial charge in [0.25, 0.3) is 5.91 Å². The van der Waals surface area contributed by atoms with Crippen molar-refractivity contribution in [1.82, 2.24) is 15.6 Å². The highest BCUT2D eigenvalue weighted by Gasteiger charge is 2.32. The lowest BCUT2D eigenvalue weighted by molar-refractivity contribution is -0.115. The third kappa shape index (κ3) is 3.31. The first-order valence-electron chi connectivity index (χ1n) is 8.83. The number of aromatic nitrogens is 1. The van der Waals surface area contributed by atoms with Crippen LogP contribution in [0.15, 0.2) is 34.4 Å². The maximum atomic E-state index is 12.3. The van der Waals surface area contributed by atoms with Crippen LogP contribution in [0.25, 0.3) is 16.3 Å². The highest BCUT2D eigenvalue weighted by Crippen LogP contribution is 2.35. The van der Waals surface area contributed by atoms with Crippen LogP contribution in [-0.4, -0.2) is 22.9 Å². The zero-order valence-corrected chi connectivity index (χ0v) is 15.3. The summed E-state index contributed by atoms with van der Waals surface area (Å²) >= 11 is 1.60. The van der Waals surface area contributed by atoms with Gasteiger partial charge in [0, 0.05) is 0 Å². The van der Waals surface area contributed by atoms with E-state index in [1.165, 1.54) is 6.42 Å². The smallest absolute Gasteiger partial charge is 0.274 e. The van der Waals surface area contributed by atoms with Crippen LogP contribution in [0.4, 0.5) is 0 Å². The van der Waals surface area contributed by atoms with Crippen molar-refractivity contribution in [3.8, 4) is 0 Å². The summed E-state index contributed by atoms with van der Waals surface area (Å²) in [6, 6.07) is 6.31. The quantitative estimate of drug-likeness (QED) is 0.829. The van der Waals surface area contributed by atoms with Crippen molar-refractivity contribution in [2.45, 2.75) is 39.2 Å². The fourth-order valence-electron chi connectivity index (χ4n) is 3.82. The Morgan fingerprint density at radius 3 is 3.08 bits per heavy atom. The Kier molecular flexibility index (Phi) is 4.29. The van der Waals surface area contributed by atoms with Crippen molar-refractivity contribution in [3.63, 3.8) is 0 Å². The van der Waals surface area contributed by atoms with Crippen molar-refractivity contribution < 1.29 is 4.79 Å². The normalized spacial score (nSPS) is 29.5. The molecule has 1 aliphatic heterocycles. The average molecular weight is 354 g/mol. The molecule has 0 bridgehead atoms. The predicted molar refractivity (Wildman–Crippen MR) is 102 cm³/mol. The van der Waals surface area contributed by atoms with Gasteiger partial charge in [-0.15, -0.1) is 11.3 Å². The number of hydrogen-bond donors (Lipinski definition) is 2. The lowest BCUT2D eigenvalue weighted by Crippen LogP contribution is -2.28. The molecule has 2 N–H and O–H groups in total. The zero-order chi connectivity index (χ0) is 17.4. The standard InChI is InChI=1S/C19H22N4OS/c1-3-13-6-11(2)7-15(13)21-19-22-16(18(24)23-19)8-12-4-5-14-17(9-12)25-10-20-14/h4-5,8-11,13,15H,3,6-7H2,1-2H3,(H2,21,22,23,24)/b16-8-. The second-order valence-corrected chi connectivity index (χ2v) is 7.89. The van der Waals surface area contributed by atoms with Gasteiger partial charge in [-0.3, -0.25) is 10.1 Å². The molecule has 5 nitrogen and oxygen atoms in total. The van der Waals surface area contributed by atoms with E-state index in [-0.39, 0.29) is 5.91 Å². The van der Waals surface area contributed by atoms with Gasteiger partial charge >= 0.3 is 0 Å². The van der Waals surface area contributed by atoms with E-state index in [0.717, 1.165) is 28.6 Å². The maximum absolute atomic E-state index is 12.3. The first kappa shape index (κ1) is 16.3. The van der Waals surface area contributed by atoms with E-state index in [0.29, 0.717) is 29.5 Å². The molecule has 2 aliphatic rings. The number of carbonyl (C=O) groups is 1. The van der Waals surface area contributed by atoms with Gasteiger partial charge in [-0.2, -0.15) is 0 Å². The summed E-state index contributed by atoms with van der Waals surface area (Å²) in [6.07, 6.45) is 5.33. The number of benzene rings is 1. The lowest BCUT2D eigenvalue weighted by atomic mass is 10.0. The Hall–Kier alpha value is -2.21. The van der Waals surface area contributed by atoms with Gasteiger partial charge in [-0.1, -0.05) is 26.3 Å². The Morgan fingerprint density at radius 2 is 2.24 bits per heavy atom. The van der Waals surface area contributed by atoms with E-state index in [1.54, 1.807) is 11.3 Å². The predicted octanol–water partition coefficient (Wildman–Crippen LogP) is 3.54. The number of amides is 1. The SMILES string of the molecule is CCC1CC(C)CC1N=C1NC(=O)/C(=C/c2ccc3ncsc3c2)N1. The minimum atomic E-state index is -0.123. The van der Waals surface area contributed by atoms with Crippen LogP contribution in [-0.2, 0) is 4.79 Å². The molecular formula is C19H22N4OS. The number of nitrogens with one attached hydrogen (secondary N) is 2. The number of rotatable bonds is 3. The van der Waals surface area contributed by atoms with Crippen molar-refractivity contribution in [3.05, 3.63) is 35.0 Å². The van der Waals surface area contributed by atoms with Crippen molar-refractivity contribution >= 4 is 39.5 Å². The maximum Gasteiger partial charge on any atom is 0.274 e.